The molecule has 0 radical (unpaired) electrons. The quantitative estimate of drug-likeness (QED) is 0.354. The lowest BCUT2D eigenvalue weighted by Gasteiger charge is -2.14. The number of hydrogen-bond donors (Lipinski definition) is 2. The van der Waals surface area contributed by atoms with E-state index in [0.717, 1.165) is 31.7 Å². The highest BCUT2D eigenvalue weighted by Gasteiger charge is 2.07. The van der Waals surface area contributed by atoms with Crippen molar-refractivity contribution in [3.8, 4) is 5.75 Å². The molecule has 20 heavy (non-hydrogen) atoms. The van der Waals surface area contributed by atoms with E-state index in [1.807, 2.05) is 24.3 Å². The van der Waals surface area contributed by atoms with Crippen molar-refractivity contribution in [2.24, 2.45) is 0 Å². The van der Waals surface area contributed by atoms with Gasteiger partial charge in [0.25, 0.3) is 0 Å². The second kappa shape index (κ2) is 7.35. The van der Waals surface area contributed by atoms with Crippen molar-refractivity contribution in [2.45, 2.75) is 8.86 Å². The zero-order chi connectivity index (χ0) is 14.5. The zero-order valence-corrected chi connectivity index (χ0v) is 15.4. The molecule has 106 valence electrons. The summed E-state index contributed by atoms with van der Waals surface area (Å²) in [5, 5.41) is 3.36. The van der Waals surface area contributed by atoms with Gasteiger partial charge in [0.15, 0.2) is 0 Å². The van der Waals surface area contributed by atoms with Crippen molar-refractivity contribution >= 4 is 62.2 Å². The van der Waals surface area contributed by atoms with Gasteiger partial charge in [-0.3, -0.25) is 0 Å². The second-order valence-electron chi connectivity index (χ2n) is 4.33. The lowest BCUT2D eigenvalue weighted by Crippen LogP contribution is -2.00. The first-order valence-electron chi connectivity index (χ1n) is 6.12. The summed E-state index contributed by atoms with van der Waals surface area (Å²) in [6.07, 6.45) is 0. The van der Waals surface area contributed by atoms with E-state index in [1.165, 1.54) is 11.1 Å². The predicted octanol–water partition coefficient (Wildman–Crippen LogP) is 4.89. The highest BCUT2D eigenvalue weighted by atomic mass is 127. The van der Waals surface area contributed by atoms with Gasteiger partial charge in [0.2, 0.25) is 0 Å². The minimum Gasteiger partial charge on any atom is -0.497 e. The number of ether oxygens (including phenoxy) is 1. The third-order valence-electron chi connectivity index (χ3n) is 3.03. The minimum atomic E-state index is 0.779. The number of methoxy groups -OCH3 is 1. The SMILES string of the molecule is COc1ccc(Nc2cc(CI)c(CI)cc2N)cc1. The van der Waals surface area contributed by atoms with Crippen LogP contribution in [-0.4, -0.2) is 7.11 Å². The molecule has 0 fully saturated rings. The van der Waals surface area contributed by atoms with E-state index >= 15 is 0 Å². The molecule has 0 aliphatic heterocycles. The third kappa shape index (κ3) is 3.69. The number of benzene rings is 2. The minimum absolute atomic E-state index is 0.779. The maximum atomic E-state index is 6.13. The van der Waals surface area contributed by atoms with Gasteiger partial charge in [0.1, 0.15) is 5.75 Å². The van der Waals surface area contributed by atoms with E-state index < -0.39 is 0 Å². The van der Waals surface area contributed by atoms with Crippen LogP contribution in [0, 0.1) is 0 Å². The largest absolute Gasteiger partial charge is 0.497 e. The van der Waals surface area contributed by atoms with Crippen LogP contribution in [0.25, 0.3) is 0 Å². The highest BCUT2D eigenvalue weighted by molar-refractivity contribution is 14.1. The number of halogens is 2. The summed E-state index contributed by atoms with van der Waals surface area (Å²) in [6, 6.07) is 12.0. The number of alkyl halides is 2. The van der Waals surface area contributed by atoms with Crippen LogP contribution in [0.4, 0.5) is 17.1 Å². The molecule has 5 heteroatoms. The van der Waals surface area contributed by atoms with Crippen molar-refractivity contribution in [2.75, 3.05) is 18.2 Å². The Balaban J connectivity index is 2.27. The van der Waals surface area contributed by atoms with E-state index in [-0.39, 0.29) is 0 Å². The number of nitrogen functional groups attached to an aromatic ring is 1. The number of rotatable bonds is 5. The Morgan fingerprint density at radius 2 is 1.65 bits per heavy atom. The van der Waals surface area contributed by atoms with Gasteiger partial charge < -0.3 is 15.8 Å². The van der Waals surface area contributed by atoms with Gasteiger partial charge in [0, 0.05) is 14.5 Å². The van der Waals surface area contributed by atoms with E-state index in [4.69, 9.17) is 10.5 Å². The van der Waals surface area contributed by atoms with Gasteiger partial charge in [-0.2, -0.15) is 0 Å². The second-order valence-corrected chi connectivity index (χ2v) is 5.85. The third-order valence-corrected chi connectivity index (χ3v) is 4.67. The maximum Gasteiger partial charge on any atom is 0.119 e. The Labute approximate surface area is 146 Å². The number of anilines is 3. The molecule has 2 aromatic rings. The molecule has 2 aromatic carbocycles. The highest BCUT2D eigenvalue weighted by Crippen LogP contribution is 2.30. The smallest absolute Gasteiger partial charge is 0.119 e. The lowest BCUT2D eigenvalue weighted by atomic mass is 10.1. The molecule has 0 aliphatic carbocycles. The Kier molecular flexibility index (Phi) is 5.76. The molecule has 0 aromatic heterocycles. The number of hydrogen-bond acceptors (Lipinski definition) is 3. The first-order chi connectivity index (χ1) is 9.67. The van der Waals surface area contributed by atoms with Crippen LogP contribution < -0.4 is 15.8 Å². The van der Waals surface area contributed by atoms with Crippen molar-refractivity contribution in [3.63, 3.8) is 0 Å². The van der Waals surface area contributed by atoms with Gasteiger partial charge in [-0.05, 0) is 47.5 Å². The topological polar surface area (TPSA) is 47.3 Å². The Morgan fingerprint density at radius 3 is 2.20 bits per heavy atom. The fourth-order valence-corrected chi connectivity index (χ4v) is 3.32. The van der Waals surface area contributed by atoms with Crippen LogP contribution >= 0.6 is 45.2 Å². The molecule has 0 atom stereocenters. The lowest BCUT2D eigenvalue weighted by molar-refractivity contribution is 0.415. The standard InChI is InChI=1S/C15H16I2N2O/c1-20-13-4-2-12(3-5-13)19-15-7-11(9-17)10(8-16)6-14(15)18/h2-7,19H,8-9,18H2,1H3. The van der Waals surface area contributed by atoms with Crippen molar-refractivity contribution < 1.29 is 4.74 Å². The van der Waals surface area contributed by atoms with Crippen molar-refractivity contribution in [1.82, 2.24) is 0 Å². The van der Waals surface area contributed by atoms with Gasteiger partial charge in [-0.15, -0.1) is 0 Å². The predicted molar refractivity (Wildman–Crippen MR) is 103 cm³/mol. The maximum absolute atomic E-state index is 6.13. The monoisotopic (exact) mass is 494 g/mol. The first-order valence-corrected chi connectivity index (χ1v) is 9.17. The first kappa shape index (κ1) is 15.7. The molecule has 0 saturated heterocycles. The van der Waals surface area contributed by atoms with Gasteiger partial charge >= 0.3 is 0 Å². The summed E-state index contributed by atoms with van der Waals surface area (Å²) < 4.78 is 7.11. The zero-order valence-electron chi connectivity index (χ0n) is 11.1. The number of nitrogens with two attached hydrogens (primary N) is 1. The van der Waals surface area contributed by atoms with Gasteiger partial charge in [-0.25, -0.2) is 0 Å². The average Bonchev–Trinajstić information content (AvgIpc) is 2.49. The van der Waals surface area contributed by atoms with Crippen molar-refractivity contribution in [1.29, 1.82) is 0 Å². The van der Waals surface area contributed by atoms with Crippen LogP contribution in [0.15, 0.2) is 36.4 Å². The Hall–Kier alpha value is -0.700. The summed E-state index contributed by atoms with van der Waals surface area (Å²) in [7, 11) is 1.66. The number of nitrogens with one attached hydrogen (secondary N) is 1. The molecule has 0 unspecified atom stereocenters. The molecule has 0 spiro atoms. The molecule has 0 aliphatic rings. The van der Waals surface area contributed by atoms with E-state index in [9.17, 15) is 0 Å². The molecule has 0 saturated carbocycles. The van der Waals surface area contributed by atoms with Crippen LogP contribution in [0.3, 0.4) is 0 Å². The van der Waals surface area contributed by atoms with Crippen LogP contribution in [0.1, 0.15) is 11.1 Å². The van der Waals surface area contributed by atoms with Crippen molar-refractivity contribution in [3.05, 3.63) is 47.5 Å². The fourth-order valence-electron chi connectivity index (χ4n) is 1.90. The van der Waals surface area contributed by atoms with Crippen LogP contribution in [0.2, 0.25) is 0 Å². The molecular formula is C15H16I2N2O. The van der Waals surface area contributed by atoms with Crippen LogP contribution in [-0.2, 0) is 8.86 Å². The summed E-state index contributed by atoms with van der Waals surface area (Å²) in [4.78, 5) is 0. The molecule has 0 heterocycles. The van der Waals surface area contributed by atoms with Gasteiger partial charge in [-0.1, -0.05) is 45.2 Å². The summed E-state index contributed by atoms with van der Waals surface area (Å²) in [6.45, 7) is 0. The molecule has 0 amide bonds. The summed E-state index contributed by atoms with van der Waals surface area (Å²) in [5.41, 5.74) is 11.5. The fraction of sp³-hybridized carbons (Fsp3) is 0.200. The average molecular weight is 494 g/mol. The summed E-state index contributed by atoms with van der Waals surface area (Å²) >= 11 is 4.75. The molecule has 3 N–H and O–H groups in total. The van der Waals surface area contributed by atoms with E-state index in [2.05, 4.69) is 62.6 Å². The Bertz CT molecular complexity index is 585. The summed E-state index contributed by atoms with van der Waals surface area (Å²) in [5.74, 6) is 0.844. The van der Waals surface area contributed by atoms with Gasteiger partial charge in [0.05, 0.1) is 18.5 Å². The van der Waals surface area contributed by atoms with Crippen LogP contribution in [0.5, 0.6) is 5.75 Å². The van der Waals surface area contributed by atoms with E-state index in [1.54, 1.807) is 7.11 Å². The molecular weight excluding hydrogens is 478 g/mol. The van der Waals surface area contributed by atoms with E-state index in [0.29, 0.717) is 0 Å². The Morgan fingerprint density at radius 1 is 1.05 bits per heavy atom. The molecule has 0 bridgehead atoms. The molecule has 2 rings (SSSR count). The normalized spacial score (nSPS) is 10.3. The molecule has 3 nitrogen and oxygen atoms in total.